The summed E-state index contributed by atoms with van der Waals surface area (Å²) in [5.41, 5.74) is 0.720. The van der Waals surface area contributed by atoms with Crippen LogP contribution >= 0.6 is 12.6 Å². The predicted octanol–water partition coefficient (Wildman–Crippen LogP) is 2.57. The average molecular weight is 155 g/mol. The number of halogens is 1. The van der Waals surface area contributed by atoms with Gasteiger partial charge in [0, 0.05) is 5.75 Å². The molecule has 0 unspecified atom stereocenters. The molecule has 0 atom stereocenters. The molecule has 53 valence electrons. The first-order valence-electron chi connectivity index (χ1n) is 3.16. The first-order chi connectivity index (χ1) is 4.84. The molecule has 0 bridgehead atoms. The molecule has 0 aliphatic heterocycles. The maximum absolute atomic E-state index is 12.7. The molecule has 0 heterocycles. The normalized spacial score (nSPS) is 9.80. The van der Waals surface area contributed by atoms with Gasteiger partial charge in [0.25, 0.3) is 0 Å². The van der Waals surface area contributed by atoms with Crippen LogP contribution in [0.4, 0.5) is 4.39 Å². The predicted molar refractivity (Wildman–Crippen MR) is 42.6 cm³/mol. The van der Waals surface area contributed by atoms with Crippen LogP contribution in [0.15, 0.2) is 24.3 Å². The van der Waals surface area contributed by atoms with Crippen molar-refractivity contribution in [2.24, 2.45) is 0 Å². The molecule has 0 fully saturated rings. The molecule has 1 rings (SSSR count). The monoisotopic (exact) mass is 155 g/mol. The minimum absolute atomic E-state index is 0.146. The Hall–Kier alpha value is -0.500. The molecule has 1 aromatic carbocycles. The van der Waals surface area contributed by atoms with E-state index >= 15 is 0 Å². The molecule has 0 aromatic heterocycles. The van der Waals surface area contributed by atoms with E-state index in [1.807, 2.05) is 6.07 Å². The van der Waals surface area contributed by atoms with Crippen LogP contribution in [0.2, 0.25) is 0 Å². The summed E-state index contributed by atoms with van der Waals surface area (Å²) in [5, 5.41) is 0. The van der Waals surface area contributed by atoms with Gasteiger partial charge in [-0.15, -0.1) is 0 Å². The highest BCUT2D eigenvalue weighted by Gasteiger charge is 1.96. The molecule has 0 saturated heterocycles. The number of rotatable bonds is 2. The Morgan fingerprint density at radius 1 is 1.30 bits per heavy atom. The molecule has 0 nitrogen and oxygen atoms in total. The minimum Gasteiger partial charge on any atom is -0.207 e. The van der Waals surface area contributed by atoms with Crippen LogP contribution in [-0.2, 0) is 6.42 Å². The SMILES string of the molecule is Fc1ccccc1CC[S]. The van der Waals surface area contributed by atoms with Crippen LogP contribution in [0.3, 0.4) is 0 Å². The summed E-state index contributed by atoms with van der Waals surface area (Å²) in [6.07, 6.45) is 0.655. The first-order valence-corrected chi connectivity index (χ1v) is 3.74. The topological polar surface area (TPSA) is 0 Å². The summed E-state index contributed by atoms with van der Waals surface area (Å²) in [5.74, 6) is 0.438. The van der Waals surface area contributed by atoms with Crippen LogP contribution in [-0.4, -0.2) is 5.75 Å². The summed E-state index contributed by atoms with van der Waals surface area (Å²) >= 11 is 4.73. The maximum Gasteiger partial charge on any atom is 0.126 e. The van der Waals surface area contributed by atoms with Crippen molar-refractivity contribution in [2.45, 2.75) is 6.42 Å². The molecule has 0 saturated carbocycles. The minimum atomic E-state index is -0.146. The lowest BCUT2D eigenvalue weighted by Crippen LogP contribution is -1.89. The van der Waals surface area contributed by atoms with Crippen LogP contribution in [0, 0.1) is 5.82 Å². The lowest BCUT2D eigenvalue weighted by atomic mass is 10.2. The van der Waals surface area contributed by atoms with Gasteiger partial charge < -0.3 is 0 Å². The van der Waals surface area contributed by atoms with Crippen molar-refractivity contribution in [2.75, 3.05) is 5.75 Å². The second kappa shape index (κ2) is 3.62. The number of benzene rings is 1. The molecule has 10 heavy (non-hydrogen) atoms. The van der Waals surface area contributed by atoms with E-state index in [1.165, 1.54) is 6.07 Å². The molecule has 1 radical (unpaired) electrons. The van der Waals surface area contributed by atoms with Gasteiger partial charge in [-0.3, -0.25) is 0 Å². The van der Waals surface area contributed by atoms with E-state index in [1.54, 1.807) is 12.1 Å². The Kier molecular flexibility index (Phi) is 2.75. The van der Waals surface area contributed by atoms with E-state index in [0.717, 1.165) is 5.56 Å². The highest BCUT2D eigenvalue weighted by molar-refractivity contribution is 7.80. The highest BCUT2D eigenvalue weighted by atomic mass is 32.1. The molecule has 0 spiro atoms. The largest absolute Gasteiger partial charge is 0.207 e. The fourth-order valence-electron chi connectivity index (χ4n) is 0.811. The van der Waals surface area contributed by atoms with Crippen LogP contribution < -0.4 is 0 Å². The average Bonchev–Trinajstić information content (AvgIpc) is 1.94. The smallest absolute Gasteiger partial charge is 0.126 e. The van der Waals surface area contributed by atoms with E-state index in [9.17, 15) is 4.39 Å². The number of hydrogen-bond acceptors (Lipinski definition) is 0. The van der Waals surface area contributed by atoms with E-state index in [-0.39, 0.29) is 5.82 Å². The van der Waals surface area contributed by atoms with E-state index < -0.39 is 0 Å². The van der Waals surface area contributed by atoms with E-state index in [2.05, 4.69) is 0 Å². The van der Waals surface area contributed by atoms with Gasteiger partial charge in [-0.25, -0.2) is 4.39 Å². The van der Waals surface area contributed by atoms with Crippen molar-refractivity contribution in [3.05, 3.63) is 35.6 Å². The van der Waals surface area contributed by atoms with Gasteiger partial charge in [0.2, 0.25) is 0 Å². The molecule has 0 aliphatic rings. The Balaban J connectivity index is 2.81. The second-order valence-electron chi connectivity index (χ2n) is 2.05. The van der Waals surface area contributed by atoms with Crippen molar-refractivity contribution in [1.29, 1.82) is 0 Å². The summed E-state index contributed by atoms with van der Waals surface area (Å²) in [4.78, 5) is 0. The fraction of sp³-hybridized carbons (Fsp3) is 0.250. The van der Waals surface area contributed by atoms with Gasteiger partial charge in [0.05, 0.1) is 0 Å². The van der Waals surface area contributed by atoms with Gasteiger partial charge in [-0.05, 0) is 18.1 Å². The first kappa shape index (κ1) is 7.61. The quantitative estimate of drug-likeness (QED) is 0.615. The zero-order valence-corrected chi connectivity index (χ0v) is 6.33. The van der Waals surface area contributed by atoms with Crippen molar-refractivity contribution < 1.29 is 4.39 Å². The Bertz CT molecular complexity index is 210. The molecular formula is C8H8FS. The van der Waals surface area contributed by atoms with Crippen molar-refractivity contribution in [3.63, 3.8) is 0 Å². The lowest BCUT2D eigenvalue weighted by Gasteiger charge is -1.97. The van der Waals surface area contributed by atoms with E-state index in [0.29, 0.717) is 12.2 Å². The molecule has 2 heteroatoms. The summed E-state index contributed by atoms with van der Waals surface area (Å²) in [6, 6.07) is 6.73. The van der Waals surface area contributed by atoms with Crippen LogP contribution in [0.25, 0.3) is 0 Å². The zero-order chi connectivity index (χ0) is 7.40. The summed E-state index contributed by atoms with van der Waals surface area (Å²) in [7, 11) is 0. The Morgan fingerprint density at radius 3 is 2.60 bits per heavy atom. The Morgan fingerprint density at radius 2 is 2.00 bits per heavy atom. The summed E-state index contributed by atoms with van der Waals surface area (Å²) < 4.78 is 12.7. The zero-order valence-electron chi connectivity index (χ0n) is 5.51. The summed E-state index contributed by atoms with van der Waals surface area (Å²) in [6.45, 7) is 0. The van der Waals surface area contributed by atoms with Crippen molar-refractivity contribution in [3.8, 4) is 0 Å². The van der Waals surface area contributed by atoms with Crippen molar-refractivity contribution >= 4 is 12.6 Å². The third-order valence-electron chi connectivity index (χ3n) is 1.33. The molecule has 1 aromatic rings. The molecular weight excluding hydrogens is 147 g/mol. The van der Waals surface area contributed by atoms with Crippen LogP contribution in [0.1, 0.15) is 5.56 Å². The van der Waals surface area contributed by atoms with Gasteiger partial charge in [0.1, 0.15) is 5.82 Å². The maximum atomic E-state index is 12.7. The number of aryl methyl sites for hydroxylation is 1. The van der Waals surface area contributed by atoms with Gasteiger partial charge in [-0.1, -0.05) is 30.8 Å². The van der Waals surface area contributed by atoms with E-state index in [4.69, 9.17) is 12.6 Å². The third-order valence-corrected chi connectivity index (χ3v) is 1.53. The molecule has 0 amide bonds. The number of hydrogen-bond donors (Lipinski definition) is 0. The second-order valence-corrected chi connectivity index (χ2v) is 2.45. The van der Waals surface area contributed by atoms with Gasteiger partial charge >= 0.3 is 0 Å². The van der Waals surface area contributed by atoms with Gasteiger partial charge in [0.15, 0.2) is 0 Å². The molecule has 0 aliphatic carbocycles. The Labute approximate surface area is 65.5 Å². The fourth-order valence-corrected chi connectivity index (χ4v) is 1.03. The third kappa shape index (κ3) is 1.74. The standard InChI is InChI=1S/C8H8FS/c9-8-4-2-1-3-7(8)5-6-10/h1-4H,5-6H2. The van der Waals surface area contributed by atoms with Gasteiger partial charge in [-0.2, -0.15) is 0 Å². The van der Waals surface area contributed by atoms with Crippen molar-refractivity contribution in [1.82, 2.24) is 0 Å². The van der Waals surface area contributed by atoms with Crippen LogP contribution in [0.5, 0.6) is 0 Å². The highest BCUT2D eigenvalue weighted by Crippen LogP contribution is 2.06. The lowest BCUT2D eigenvalue weighted by molar-refractivity contribution is 0.613. The molecule has 0 N–H and O–H groups in total.